The maximum atomic E-state index is 13.8. The normalized spacial score (nSPS) is 20.1. The lowest BCUT2D eigenvalue weighted by molar-refractivity contribution is -0.124. The summed E-state index contributed by atoms with van der Waals surface area (Å²) >= 11 is 0. The van der Waals surface area contributed by atoms with E-state index in [9.17, 15) is 9.18 Å². The third kappa shape index (κ3) is 7.37. The standard InChI is InChI=1S/C21H32FN3O2.2ClH/c22-18-6-4-5-17(13-18)19(25-9-11-27-12-10-25)15-24-20(26)14-21(16-23)7-2-1-3-8-21;;/h4-6,13,19H,1-3,7-12,14-16,23H2,(H,24,26);2*1H. The molecule has 3 N–H and O–H groups in total. The van der Waals surface area contributed by atoms with E-state index >= 15 is 0 Å². The van der Waals surface area contributed by atoms with Crippen molar-refractivity contribution in [3.05, 3.63) is 35.6 Å². The van der Waals surface area contributed by atoms with E-state index in [1.165, 1.54) is 12.5 Å². The summed E-state index contributed by atoms with van der Waals surface area (Å²) in [6, 6.07) is 6.62. The molecule has 0 radical (unpaired) electrons. The first kappa shape index (κ1) is 26.1. The molecule has 1 heterocycles. The molecule has 1 aromatic carbocycles. The van der Waals surface area contributed by atoms with Crippen LogP contribution in [0.5, 0.6) is 0 Å². The number of benzene rings is 1. The van der Waals surface area contributed by atoms with Crippen molar-refractivity contribution in [2.45, 2.75) is 44.6 Å². The number of carbonyl (C=O) groups excluding carboxylic acids is 1. The van der Waals surface area contributed by atoms with Crippen molar-refractivity contribution in [2.75, 3.05) is 39.4 Å². The van der Waals surface area contributed by atoms with Crippen molar-refractivity contribution in [3.63, 3.8) is 0 Å². The van der Waals surface area contributed by atoms with Gasteiger partial charge >= 0.3 is 0 Å². The number of hydrogen-bond acceptors (Lipinski definition) is 4. The van der Waals surface area contributed by atoms with Crippen LogP contribution in [0.4, 0.5) is 4.39 Å². The van der Waals surface area contributed by atoms with Gasteiger partial charge in [0.25, 0.3) is 0 Å². The van der Waals surface area contributed by atoms with Crippen LogP contribution in [-0.4, -0.2) is 50.2 Å². The molecule has 2 fully saturated rings. The fourth-order valence-corrected chi connectivity index (χ4v) is 4.43. The summed E-state index contributed by atoms with van der Waals surface area (Å²) in [5.41, 5.74) is 6.87. The molecule has 1 aromatic rings. The van der Waals surface area contributed by atoms with Crippen LogP contribution in [0, 0.1) is 11.2 Å². The lowest BCUT2D eigenvalue weighted by atomic mass is 9.71. The average Bonchev–Trinajstić information content (AvgIpc) is 2.70. The Hall–Kier alpha value is -0.920. The van der Waals surface area contributed by atoms with Crippen molar-refractivity contribution in [1.29, 1.82) is 0 Å². The van der Waals surface area contributed by atoms with Gasteiger partial charge in [0, 0.05) is 26.1 Å². The van der Waals surface area contributed by atoms with E-state index < -0.39 is 0 Å². The smallest absolute Gasteiger partial charge is 0.220 e. The second kappa shape index (κ2) is 12.7. The van der Waals surface area contributed by atoms with Crippen LogP contribution in [0.3, 0.4) is 0 Å². The van der Waals surface area contributed by atoms with Crippen LogP contribution in [0.2, 0.25) is 0 Å². The number of morpholine rings is 1. The van der Waals surface area contributed by atoms with E-state index in [1.807, 2.05) is 6.07 Å². The lowest BCUT2D eigenvalue weighted by Crippen LogP contribution is -2.45. The zero-order valence-corrected chi connectivity index (χ0v) is 18.5. The molecule has 0 aromatic heterocycles. The minimum absolute atomic E-state index is 0. The predicted octanol–water partition coefficient (Wildman–Crippen LogP) is 3.46. The summed E-state index contributed by atoms with van der Waals surface area (Å²) < 4.78 is 19.2. The van der Waals surface area contributed by atoms with Gasteiger partial charge in [-0.25, -0.2) is 4.39 Å². The third-order valence-electron chi connectivity index (χ3n) is 6.10. The zero-order chi connectivity index (χ0) is 19.1. The fraction of sp³-hybridized carbons (Fsp3) is 0.667. The highest BCUT2D eigenvalue weighted by molar-refractivity contribution is 5.85. The lowest BCUT2D eigenvalue weighted by Gasteiger charge is -2.37. The van der Waals surface area contributed by atoms with Crippen LogP contribution in [-0.2, 0) is 9.53 Å². The van der Waals surface area contributed by atoms with Gasteiger partial charge in [-0.15, -0.1) is 24.8 Å². The summed E-state index contributed by atoms with van der Waals surface area (Å²) in [7, 11) is 0. The highest BCUT2D eigenvalue weighted by atomic mass is 35.5. The van der Waals surface area contributed by atoms with Crippen LogP contribution < -0.4 is 11.1 Å². The average molecular weight is 450 g/mol. The van der Waals surface area contributed by atoms with Crippen molar-refractivity contribution in [1.82, 2.24) is 10.2 Å². The molecule has 3 rings (SSSR count). The van der Waals surface area contributed by atoms with Gasteiger partial charge in [0.05, 0.1) is 19.3 Å². The number of nitrogens with one attached hydrogen (secondary N) is 1. The fourth-order valence-electron chi connectivity index (χ4n) is 4.43. The Bertz CT molecular complexity index is 624. The molecule has 166 valence electrons. The Morgan fingerprint density at radius 3 is 2.52 bits per heavy atom. The van der Waals surface area contributed by atoms with Crippen LogP contribution in [0.15, 0.2) is 24.3 Å². The molecular formula is C21H34Cl2FN3O2. The van der Waals surface area contributed by atoms with Gasteiger partial charge in [0.2, 0.25) is 5.91 Å². The van der Waals surface area contributed by atoms with Crippen molar-refractivity contribution < 1.29 is 13.9 Å². The molecule has 1 amide bonds. The first-order valence-electron chi connectivity index (χ1n) is 10.2. The Balaban J connectivity index is 0.00000210. The minimum atomic E-state index is -0.249. The highest BCUT2D eigenvalue weighted by Crippen LogP contribution is 2.38. The largest absolute Gasteiger partial charge is 0.379 e. The van der Waals surface area contributed by atoms with E-state index in [1.54, 1.807) is 12.1 Å². The molecular weight excluding hydrogens is 416 g/mol. The second-order valence-electron chi connectivity index (χ2n) is 7.96. The maximum absolute atomic E-state index is 13.8. The van der Waals surface area contributed by atoms with Crippen molar-refractivity contribution in [3.8, 4) is 0 Å². The van der Waals surface area contributed by atoms with Gasteiger partial charge in [-0.05, 0) is 42.5 Å². The molecule has 2 aliphatic rings. The Kier molecular flexibility index (Phi) is 11.4. The van der Waals surface area contributed by atoms with Gasteiger partial charge in [-0.1, -0.05) is 31.4 Å². The zero-order valence-electron chi connectivity index (χ0n) is 16.9. The van der Waals surface area contributed by atoms with Crippen LogP contribution in [0.1, 0.15) is 50.1 Å². The SMILES string of the molecule is Cl.Cl.NCC1(CC(=O)NCC(c2cccc(F)c2)N2CCOCC2)CCCCC1. The van der Waals surface area contributed by atoms with Gasteiger partial charge in [-0.3, -0.25) is 9.69 Å². The number of halogens is 3. The molecule has 8 heteroatoms. The number of amides is 1. The Labute approximate surface area is 185 Å². The number of nitrogens with zero attached hydrogens (tertiary/aromatic N) is 1. The van der Waals surface area contributed by atoms with Gasteiger partial charge in [-0.2, -0.15) is 0 Å². The number of nitrogens with two attached hydrogens (primary N) is 1. The summed E-state index contributed by atoms with van der Waals surface area (Å²) in [5.74, 6) is -0.196. The Morgan fingerprint density at radius 2 is 1.90 bits per heavy atom. The first-order valence-corrected chi connectivity index (χ1v) is 10.2. The van der Waals surface area contributed by atoms with Gasteiger partial charge in [0.15, 0.2) is 0 Å². The van der Waals surface area contributed by atoms with Crippen LogP contribution >= 0.6 is 24.8 Å². The molecule has 1 unspecified atom stereocenters. The number of ether oxygens (including phenoxy) is 1. The third-order valence-corrected chi connectivity index (χ3v) is 6.10. The van der Waals surface area contributed by atoms with E-state index in [-0.39, 0.29) is 48.0 Å². The van der Waals surface area contributed by atoms with Gasteiger partial charge in [0.1, 0.15) is 5.82 Å². The van der Waals surface area contributed by atoms with E-state index in [2.05, 4.69) is 10.2 Å². The molecule has 29 heavy (non-hydrogen) atoms. The van der Waals surface area contributed by atoms with Crippen molar-refractivity contribution >= 4 is 30.7 Å². The molecule has 0 bridgehead atoms. The van der Waals surface area contributed by atoms with E-state index in [0.29, 0.717) is 32.7 Å². The highest BCUT2D eigenvalue weighted by Gasteiger charge is 2.33. The molecule has 1 saturated heterocycles. The second-order valence-corrected chi connectivity index (χ2v) is 7.96. The summed E-state index contributed by atoms with van der Waals surface area (Å²) in [4.78, 5) is 14.9. The summed E-state index contributed by atoms with van der Waals surface area (Å²) in [6.45, 7) is 3.93. The first-order chi connectivity index (χ1) is 13.1. The molecule has 1 aliphatic heterocycles. The van der Waals surface area contributed by atoms with E-state index in [0.717, 1.165) is 44.3 Å². The monoisotopic (exact) mass is 449 g/mol. The summed E-state index contributed by atoms with van der Waals surface area (Å²) in [6.07, 6.45) is 6.11. The molecule has 5 nitrogen and oxygen atoms in total. The number of hydrogen-bond donors (Lipinski definition) is 2. The minimum Gasteiger partial charge on any atom is -0.379 e. The predicted molar refractivity (Wildman–Crippen MR) is 118 cm³/mol. The molecule has 1 atom stereocenters. The Morgan fingerprint density at radius 1 is 1.21 bits per heavy atom. The number of carbonyl (C=O) groups is 1. The summed E-state index contributed by atoms with van der Waals surface area (Å²) in [5, 5.41) is 3.10. The number of rotatable bonds is 7. The van der Waals surface area contributed by atoms with Crippen molar-refractivity contribution in [2.24, 2.45) is 11.1 Å². The molecule has 0 spiro atoms. The quantitative estimate of drug-likeness (QED) is 0.668. The van der Waals surface area contributed by atoms with E-state index in [4.69, 9.17) is 10.5 Å². The topological polar surface area (TPSA) is 67.6 Å². The molecule has 1 saturated carbocycles. The maximum Gasteiger partial charge on any atom is 0.220 e. The molecule has 1 aliphatic carbocycles. The van der Waals surface area contributed by atoms with Crippen LogP contribution in [0.25, 0.3) is 0 Å². The van der Waals surface area contributed by atoms with Gasteiger partial charge < -0.3 is 15.8 Å².